The molecule has 0 aliphatic rings. The number of Topliss-reactive ketones (excluding diaryl/α,β-unsaturated/α-hetero) is 1. The van der Waals surface area contributed by atoms with E-state index in [0.717, 1.165) is 0 Å². The molecule has 2 heteroatoms. The number of ketones is 1. The van der Waals surface area contributed by atoms with Crippen molar-refractivity contribution in [2.45, 2.75) is 34.6 Å². The first-order chi connectivity index (χ1) is 4.76. The first kappa shape index (κ1) is 10.2. The highest BCUT2D eigenvalue weighted by Crippen LogP contribution is 2.25. The van der Waals surface area contributed by atoms with Crippen molar-refractivity contribution in [3.05, 3.63) is 11.3 Å². The first-order valence-electron chi connectivity index (χ1n) is 3.68. The largest absolute Gasteiger partial charge is 0.511 e. The summed E-state index contributed by atoms with van der Waals surface area (Å²) in [5.74, 6) is 0.113. The van der Waals surface area contributed by atoms with Crippen molar-refractivity contribution >= 4 is 5.78 Å². The first-order valence-corrected chi connectivity index (χ1v) is 3.68. The lowest BCUT2D eigenvalue weighted by atomic mass is 9.90. The molecule has 0 aliphatic carbocycles. The molecule has 0 amide bonds. The van der Waals surface area contributed by atoms with Crippen LogP contribution in [-0.2, 0) is 4.79 Å². The Morgan fingerprint density at radius 1 is 1.18 bits per heavy atom. The van der Waals surface area contributed by atoms with Gasteiger partial charge in [-0.3, -0.25) is 4.79 Å². The topological polar surface area (TPSA) is 37.3 Å². The Morgan fingerprint density at radius 3 is 1.64 bits per heavy atom. The second-order valence-corrected chi connectivity index (χ2v) is 3.78. The smallest absolute Gasteiger partial charge is 0.158 e. The molecule has 1 N–H and O–H groups in total. The number of hydrogen-bond acceptors (Lipinski definition) is 2. The molecular formula is C9H16O2. The van der Waals surface area contributed by atoms with Crippen LogP contribution < -0.4 is 0 Å². The molecule has 0 atom stereocenters. The lowest BCUT2D eigenvalue weighted by Gasteiger charge is -2.18. The molecule has 0 rings (SSSR count). The third-order valence-electron chi connectivity index (χ3n) is 1.59. The molecule has 0 heterocycles. The van der Waals surface area contributed by atoms with E-state index in [1.807, 2.05) is 20.8 Å². The van der Waals surface area contributed by atoms with Gasteiger partial charge in [0.05, 0.1) is 0 Å². The van der Waals surface area contributed by atoms with Gasteiger partial charge < -0.3 is 5.11 Å². The van der Waals surface area contributed by atoms with E-state index in [-0.39, 0.29) is 17.0 Å². The molecule has 0 bridgehead atoms. The van der Waals surface area contributed by atoms with Crippen LogP contribution in [0.2, 0.25) is 0 Å². The van der Waals surface area contributed by atoms with Crippen LogP contribution in [0.15, 0.2) is 11.3 Å². The second kappa shape index (κ2) is 3.07. The van der Waals surface area contributed by atoms with Crippen LogP contribution in [0.5, 0.6) is 0 Å². The molecule has 0 aromatic heterocycles. The summed E-state index contributed by atoms with van der Waals surface area (Å²) < 4.78 is 0. The van der Waals surface area contributed by atoms with Gasteiger partial charge in [0.25, 0.3) is 0 Å². The predicted molar refractivity (Wildman–Crippen MR) is 45.5 cm³/mol. The van der Waals surface area contributed by atoms with Crippen molar-refractivity contribution in [3.63, 3.8) is 0 Å². The Morgan fingerprint density at radius 2 is 1.55 bits per heavy atom. The minimum atomic E-state index is -0.324. The van der Waals surface area contributed by atoms with Gasteiger partial charge in [0, 0.05) is 11.0 Å². The monoisotopic (exact) mass is 156 g/mol. The summed E-state index contributed by atoms with van der Waals surface area (Å²) in [5.41, 5.74) is 0.132. The number of aliphatic hydroxyl groups excluding tert-OH is 1. The van der Waals surface area contributed by atoms with E-state index >= 15 is 0 Å². The zero-order valence-electron chi connectivity index (χ0n) is 7.86. The van der Waals surface area contributed by atoms with Crippen LogP contribution in [0.25, 0.3) is 0 Å². The van der Waals surface area contributed by atoms with E-state index in [1.54, 1.807) is 6.92 Å². The second-order valence-electron chi connectivity index (χ2n) is 3.78. The number of hydrogen-bond donors (Lipinski definition) is 1. The summed E-state index contributed by atoms with van der Waals surface area (Å²) in [7, 11) is 0. The van der Waals surface area contributed by atoms with Gasteiger partial charge in [-0.05, 0) is 13.8 Å². The number of allylic oxidation sites excluding steroid dienone is 2. The van der Waals surface area contributed by atoms with Gasteiger partial charge >= 0.3 is 0 Å². The Balaban J connectivity index is 4.82. The maximum Gasteiger partial charge on any atom is 0.158 e. The highest BCUT2D eigenvalue weighted by molar-refractivity contribution is 5.93. The van der Waals surface area contributed by atoms with E-state index in [4.69, 9.17) is 0 Å². The quantitative estimate of drug-likeness (QED) is 0.467. The van der Waals surface area contributed by atoms with E-state index in [1.165, 1.54) is 6.92 Å². The lowest BCUT2D eigenvalue weighted by molar-refractivity contribution is -0.113. The summed E-state index contributed by atoms with van der Waals surface area (Å²) in [6.07, 6.45) is 0. The molecule has 0 unspecified atom stereocenters. The van der Waals surface area contributed by atoms with Crippen LogP contribution in [0, 0.1) is 5.41 Å². The van der Waals surface area contributed by atoms with Crippen molar-refractivity contribution in [2.75, 3.05) is 0 Å². The van der Waals surface area contributed by atoms with Crippen LogP contribution in [0.1, 0.15) is 34.6 Å². The molecule has 0 saturated heterocycles. The average Bonchev–Trinajstić information content (AvgIpc) is 1.82. The molecule has 0 fully saturated rings. The highest BCUT2D eigenvalue weighted by Gasteiger charge is 2.19. The fraction of sp³-hybridized carbons (Fsp3) is 0.667. The van der Waals surface area contributed by atoms with E-state index in [0.29, 0.717) is 5.57 Å². The summed E-state index contributed by atoms with van der Waals surface area (Å²) in [6.45, 7) is 8.71. The minimum absolute atomic E-state index is 0.0718. The van der Waals surface area contributed by atoms with Gasteiger partial charge in [-0.1, -0.05) is 20.8 Å². The summed E-state index contributed by atoms with van der Waals surface area (Å²) >= 11 is 0. The fourth-order valence-electron chi connectivity index (χ4n) is 0.729. The normalized spacial score (nSPS) is 14.3. The molecule has 64 valence electrons. The molecular weight excluding hydrogens is 140 g/mol. The SMILES string of the molecule is CC(=O)C(C)=C(O)C(C)(C)C. The summed E-state index contributed by atoms with van der Waals surface area (Å²) in [6, 6.07) is 0. The molecule has 0 radical (unpaired) electrons. The van der Waals surface area contributed by atoms with Gasteiger partial charge in [-0.25, -0.2) is 0 Å². The van der Waals surface area contributed by atoms with Gasteiger partial charge in [-0.15, -0.1) is 0 Å². The van der Waals surface area contributed by atoms with Crippen LogP contribution in [0.3, 0.4) is 0 Å². The van der Waals surface area contributed by atoms with Crippen LogP contribution in [-0.4, -0.2) is 10.9 Å². The van der Waals surface area contributed by atoms with Gasteiger partial charge in [0.2, 0.25) is 0 Å². The Hall–Kier alpha value is -0.790. The Bertz CT molecular complexity index is 194. The molecule has 0 aromatic carbocycles. The zero-order chi connectivity index (χ0) is 9.23. The summed E-state index contributed by atoms with van der Waals surface area (Å²) in [5, 5.41) is 9.48. The highest BCUT2D eigenvalue weighted by atomic mass is 16.3. The van der Waals surface area contributed by atoms with E-state index < -0.39 is 0 Å². The minimum Gasteiger partial charge on any atom is -0.511 e. The molecule has 0 aliphatic heterocycles. The fourth-order valence-corrected chi connectivity index (χ4v) is 0.729. The Kier molecular flexibility index (Phi) is 2.85. The molecule has 11 heavy (non-hydrogen) atoms. The Labute approximate surface area is 67.9 Å². The van der Waals surface area contributed by atoms with Crippen molar-refractivity contribution < 1.29 is 9.90 Å². The van der Waals surface area contributed by atoms with E-state index in [9.17, 15) is 9.90 Å². The predicted octanol–water partition coefficient (Wildman–Crippen LogP) is 2.45. The van der Waals surface area contributed by atoms with Gasteiger partial charge in [0.15, 0.2) is 5.78 Å². The number of carbonyl (C=O) groups is 1. The standard InChI is InChI=1S/C9H16O2/c1-6(7(2)10)8(11)9(3,4)5/h11H,1-5H3. The number of carbonyl (C=O) groups excluding carboxylic acids is 1. The van der Waals surface area contributed by atoms with Crippen molar-refractivity contribution in [2.24, 2.45) is 5.41 Å². The maximum atomic E-state index is 10.8. The average molecular weight is 156 g/mol. The third-order valence-corrected chi connectivity index (χ3v) is 1.59. The molecule has 0 saturated carbocycles. The van der Waals surface area contributed by atoms with Crippen molar-refractivity contribution in [1.82, 2.24) is 0 Å². The van der Waals surface area contributed by atoms with Gasteiger partial charge in [0.1, 0.15) is 5.76 Å². The number of rotatable bonds is 1. The third kappa shape index (κ3) is 2.74. The van der Waals surface area contributed by atoms with E-state index in [2.05, 4.69) is 0 Å². The number of aliphatic hydroxyl groups is 1. The molecule has 0 aromatic rings. The lowest BCUT2D eigenvalue weighted by Crippen LogP contribution is -2.13. The zero-order valence-corrected chi connectivity index (χ0v) is 7.86. The van der Waals surface area contributed by atoms with Crippen molar-refractivity contribution in [3.8, 4) is 0 Å². The van der Waals surface area contributed by atoms with Crippen LogP contribution >= 0.6 is 0 Å². The van der Waals surface area contributed by atoms with Gasteiger partial charge in [-0.2, -0.15) is 0 Å². The maximum absolute atomic E-state index is 10.8. The van der Waals surface area contributed by atoms with Crippen molar-refractivity contribution in [1.29, 1.82) is 0 Å². The molecule has 2 nitrogen and oxygen atoms in total. The summed E-state index contributed by atoms with van der Waals surface area (Å²) in [4.78, 5) is 10.8. The molecule has 0 spiro atoms. The van der Waals surface area contributed by atoms with Crippen LogP contribution in [0.4, 0.5) is 0 Å².